The summed E-state index contributed by atoms with van der Waals surface area (Å²) in [6.07, 6.45) is 6.23. The molecule has 0 saturated carbocycles. The van der Waals surface area contributed by atoms with Gasteiger partial charge in [0.25, 0.3) is 0 Å². The summed E-state index contributed by atoms with van der Waals surface area (Å²) in [5.41, 5.74) is -0.00925. The van der Waals surface area contributed by atoms with Crippen LogP contribution in [0.25, 0.3) is 0 Å². The Balaban J connectivity index is 1.66. The largest absolute Gasteiger partial charge is 0.376 e. The van der Waals surface area contributed by atoms with E-state index in [1.54, 1.807) is 19.0 Å². The number of ether oxygens (including phenoxy) is 1. The summed E-state index contributed by atoms with van der Waals surface area (Å²) in [5, 5.41) is 6.43. The van der Waals surface area contributed by atoms with E-state index < -0.39 is 0 Å². The van der Waals surface area contributed by atoms with Crippen LogP contribution in [0, 0.1) is 5.41 Å². The van der Waals surface area contributed by atoms with Crippen molar-refractivity contribution in [2.75, 3.05) is 53.4 Å². The van der Waals surface area contributed by atoms with E-state index in [0.717, 1.165) is 57.9 Å². The van der Waals surface area contributed by atoms with Gasteiger partial charge in [0.2, 0.25) is 11.8 Å². The van der Waals surface area contributed by atoms with E-state index >= 15 is 0 Å². The Morgan fingerprint density at radius 1 is 1.41 bits per heavy atom. The summed E-state index contributed by atoms with van der Waals surface area (Å²) < 4.78 is 5.82. The third kappa shape index (κ3) is 5.34. The number of carbonyl (C=O) groups is 2. The van der Waals surface area contributed by atoms with Crippen LogP contribution >= 0.6 is 0 Å². The Kier molecular flexibility index (Phi) is 6.57. The van der Waals surface area contributed by atoms with Crippen molar-refractivity contribution < 1.29 is 14.3 Å². The lowest BCUT2D eigenvalue weighted by Crippen LogP contribution is -2.52. The lowest BCUT2D eigenvalue weighted by Gasteiger charge is -2.41. The molecule has 3 heterocycles. The van der Waals surface area contributed by atoms with E-state index in [1.807, 2.05) is 0 Å². The summed E-state index contributed by atoms with van der Waals surface area (Å²) >= 11 is 0. The molecule has 2 atom stereocenters. The second kappa shape index (κ2) is 8.91. The van der Waals surface area contributed by atoms with E-state index in [1.165, 1.54) is 6.42 Å². The summed E-state index contributed by atoms with van der Waals surface area (Å²) in [6.45, 7) is 4.07. The van der Waals surface area contributed by atoms with Gasteiger partial charge in [-0.2, -0.15) is 0 Å². The van der Waals surface area contributed by atoms with Gasteiger partial charge in [0, 0.05) is 58.7 Å². The number of aliphatic imine (C=N–C) groups is 1. The minimum atomic E-state index is -0.0207. The van der Waals surface area contributed by atoms with Crippen molar-refractivity contribution in [3.05, 3.63) is 0 Å². The Morgan fingerprint density at radius 3 is 2.93 bits per heavy atom. The van der Waals surface area contributed by atoms with Gasteiger partial charge in [0.15, 0.2) is 5.96 Å². The molecule has 8 nitrogen and oxygen atoms in total. The molecule has 3 fully saturated rings. The standard InChI is InChI=1S/C19H33N5O3/c1-23(2)17(26)12-21-18(20-11-15-6-3-4-9-27-15)24-8-5-7-19(14-24)10-16(25)22-13-19/h15H,3-14H2,1-2H3,(H,20,21)(H,22,25). The Morgan fingerprint density at radius 2 is 2.26 bits per heavy atom. The topological polar surface area (TPSA) is 86.3 Å². The first-order valence-corrected chi connectivity index (χ1v) is 10.1. The molecule has 3 aliphatic heterocycles. The zero-order valence-corrected chi connectivity index (χ0v) is 16.6. The van der Waals surface area contributed by atoms with E-state index in [4.69, 9.17) is 4.74 Å². The first kappa shape index (κ1) is 19.9. The second-order valence-corrected chi connectivity index (χ2v) is 8.28. The van der Waals surface area contributed by atoms with Gasteiger partial charge in [-0.3, -0.25) is 9.59 Å². The molecular weight excluding hydrogens is 346 g/mol. The number of amides is 2. The number of piperidine rings is 1. The molecule has 2 N–H and O–H groups in total. The molecule has 0 aliphatic carbocycles. The van der Waals surface area contributed by atoms with E-state index in [9.17, 15) is 9.59 Å². The van der Waals surface area contributed by atoms with Crippen molar-refractivity contribution in [2.24, 2.45) is 10.4 Å². The lowest BCUT2D eigenvalue weighted by atomic mass is 9.79. The number of nitrogens with one attached hydrogen (secondary N) is 2. The molecule has 8 heteroatoms. The van der Waals surface area contributed by atoms with Gasteiger partial charge in [0.1, 0.15) is 6.54 Å². The van der Waals surface area contributed by atoms with Crippen LogP contribution in [-0.4, -0.2) is 87.1 Å². The zero-order chi connectivity index (χ0) is 19.3. The van der Waals surface area contributed by atoms with Crippen LogP contribution in [0.4, 0.5) is 0 Å². The van der Waals surface area contributed by atoms with E-state index in [2.05, 4.69) is 20.5 Å². The van der Waals surface area contributed by atoms with E-state index in [0.29, 0.717) is 13.0 Å². The predicted octanol–water partition coefficient (Wildman–Crippen LogP) is 0.191. The molecule has 0 aromatic heterocycles. The number of likely N-dealkylation sites (N-methyl/N-ethyl adjacent to an activating group) is 1. The highest BCUT2D eigenvalue weighted by Crippen LogP contribution is 2.36. The number of hydrogen-bond donors (Lipinski definition) is 2. The molecule has 3 aliphatic rings. The highest BCUT2D eigenvalue weighted by Gasteiger charge is 2.42. The molecule has 27 heavy (non-hydrogen) atoms. The maximum Gasteiger partial charge on any atom is 0.243 e. The minimum Gasteiger partial charge on any atom is -0.376 e. The molecule has 0 radical (unpaired) electrons. The van der Waals surface area contributed by atoms with Crippen LogP contribution in [0.5, 0.6) is 0 Å². The van der Waals surface area contributed by atoms with Crippen molar-refractivity contribution in [1.82, 2.24) is 20.4 Å². The van der Waals surface area contributed by atoms with Crippen LogP contribution in [0.2, 0.25) is 0 Å². The van der Waals surface area contributed by atoms with Gasteiger partial charge in [-0.15, -0.1) is 0 Å². The van der Waals surface area contributed by atoms with Crippen LogP contribution in [0.3, 0.4) is 0 Å². The first-order chi connectivity index (χ1) is 13.0. The zero-order valence-electron chi connectivity index (χ0n) is 16.6. The molecule has 3 rings (SSSR count). The average Bonchev–Trinajstić information content (AvgIpc) is 3.02. The molecule has 0 aromatic carbocycles. The van der Waals surface area contributed by atoms with Crippen LogP contribution in [0.1, 0.15) is 38.5 Å². The van der Waals surface area contributed by atoms with Crippen molar-refractivity contribution in [1.29, 1.82) is 0 Å². The molecule has 0 bridgehead atoms. The maximum absolute atomic E-state index is 12.0. The average molecular weight is 380 g/mol. The normalized spacial score (nSPS) is 29.0. The van der Waals surface area contributed by atoms with Crippen LogP contribution < -0.4 is 10.6 Å². The highest BCUT2D eigenvalue weighted by atomic mass is 16.5. The number of carbonyl (C=O) groups excluding carboxylic acids is 2. The number of guanidine groups is 1. The van der Waals surface area contributed by atoms with Crippen molar-refractivity contribution in [3.8, 4) is 0 Å². The van der Waals surface area contributed by atoms with Gasteiger partial charge in [-0.05, 0) is 32.1 Å². The number of rotatable bonds is 4. The summed E-state index contributed by atoms with van der Waals surface area (Å²) in [4.78, 5) is 32.2. The summed E-state index contributed by atoms with van der Waals surface area (Å²) in [6, 6.07) is 0. The van der Waals surface area contributed by atoms with Crippen LogP contribution in [0.15, 0.2) is 4.99 Å². The molecule has 3 saturated heterocycles. The fourth-order valence-electron chi connectivity index (χ4n) is 4.15. The number of nitrogens with zero attached hydrogens (tertiary/aromatic N) is 3. The first-order valence-electron chi connectivity index (χ1n) is 10.1. The van der Waals surface area contributed by atoms with Crippen molar-refractivity contribution >= 4 is 17.8 Å². The Labute approximate surface area is 161 Å². The van der Waals surface area contributed by atoms with Gasteiger partial charge >= 0.3 is 0 Å². The highest BCUT2D eigenvalue weighted by molar-refractivity contribution is 5.85. The van der Waals surface area contributed by atoms with Crippen molar-refractivity contribution in [3.63, 3.8) is 0 Å². The molecule has 2 unspecified atom stereocenters. The van der Waals surface area contributed by atoms with E-state index in [-0.39, 0.29) is 29.9 Å². The van der Waals surface area contributed by atoms with Gasteiger partial charge in [-0.1, -0.05) is 0 Å². The molecule has 1 spiro atoms. The maximum atomic E-state index is 12.0. The quantitative estimate of drug-likeness (QED) is 0.538. The SMILES string of the molecule is CN(C)C(=O)CN=C(NCC1CCCCO1)N1CCCC2(CNC(=O)C2)C1. The summed E-state index contributed by atoms with van der Waals surface area (Å²) in [7, 11) is 3.49. The van der Waals surface area contributed by atoms with Crippen LogP contribution in [-0.2, 0) is 14.3 Å². The lowest BCUT2D eigenvalue weighted by molar-refractivity contribution is -0.127. The molecule has 152 valence electrons. The number of likely N-dealkylation sites (tertiary alicyclic amines) is 1. The van der Waals surface area contributed by atoms with Gasteiger partial charge < -0.3 is 25.2 Å². The van der Waals surface area contributed by atoms with Gasteiger partial charge in [-0.25, -0.2) is 4.99 Å². The Hall–Kier alpha value is -1.83. The minimum absolute atomic E-state index is 0.00925. The van der Waals surface area contributed by atoms with Gasteiger partial charge in [0.05, 0.1) is 6.10 Å². The smallest absolute Gasteiger partial charge is 0.243 e. The third-order valence-electron chi connectivity index (χ3n) is 5.78. The summed E-state index contributed by atoms with van der Waals surface area (Å²) in [5.74, 6) is 0.882. The third-order valence-corrected chi connectivity index (χ3v) is 5.78. The number of hydrogen-bond acceptors (Lipinski definition) is 4. The molecule has 2 amide bonds. The molecule has 0 aromatic rings. The Bertz CT molecular complexity index is 574. The fourth-order valence-corrected chi connectivity index (χ4v) is 4.15. The monoisotopic (exact) mass is 379 g/mol. The fraction of sp³-hybridized carbons (Fsp3) is 0.842. The predicted molar refractivity (Wildman–Crippen MR) is 103 cm³/mol. The molecular formula is C19H33N5O3. The second-order valence-electron chi connectivity index (χ2n) is 8.28. The van der Waals surface area contributed by atoms with Crippen molar-refractivity contribution in [2.45, 2.75) is 44.6 Å².